The molecule has 0 saturated carbocycles. The number of carbonyl (C=O) groups is 1. The minimum absolute atomic E-state index is 0.0457. The van der Waals surface area contributed by atoms with Gasteiger partial charge in [-0.15, -0.1) is 0 Å². The molecule has 0 spiro atoms. The van der Waals surface area contributed by atoms with Crippen LogP contribution in [-0.4, -0.2) is 34.8 Å². The summed E-state index contributed by atoms with van der Waals surface area (Å²) in [5.74, 6) is 1.18. The Balaban J connectivity index is 1.82. The molecule has 0 saturated heterocycles. The number of allylic oxidation sites excluding steroid dienone is 2. The standard InChI is InChI=1S/C46H72O5Si2/c1-32(2)53(33(3)4,34(5)6)51-42-29-38(46(11,12)43(47)35(42)7)28-40-39(26-21-27-41(40)50-52(13,14)45(8,9)10)44(48-30-36-22-17-15-18-23-36)49-31-37-24-19-16-20-25-37/h15-20,22-25,32-34,38,41,44H,21,26-31H2,1-14H3/t38-,41+/m1/s1. The number of carbonyl (C=O) groups excluding carboxylic acids is 1. The molecule has 53 heavy (non-hydrogen) atoms. The van der Waals surface area contributed by atoms with Gasteiger partial charge >= 0.3 is 0 Å². The van der Waals surface area contributed by atoms with E-state index >= 15 is 0 Å². The van der Waals surface area contributed by atoms with Crippen molar-refractivity contribution < 1.29 is 23.1 Å². The second-order valence-corrected chi connectivity index (χ2v) is 29.0. The Bertz CT molecular complexity index is 1500. The van der Waals surface area contributed by atoms with Crippen molar-refractivity contribution in [2.75, 3.05) is 0 Å². The summed E-state index contributed by atoms with van der Waals surface area (Å²) >= 11 is 0. The zero-order valence-corrected chi connectivity index (χ0v) is 37.7. The van der Waals surface area contributed by atoms with Crippen LogP contribution in [0.25, 0.3) is 0 Å². The highest BCUT2D eigenvalue weighted by Crippen LogP contribution is 2.51. The molecule has 2 atom stereocenters. The van der Waals surface area contributed by atoms with E-state index in [-0.39, 0.29) is 22.8 Å². The topological polar surface area (TPSA) is 54.0 Å². The van der Waals surface area contributed by atoms with Crippen LogP contribution in [0.2, 0.25) is 34.8 Å². The molecule has 0 amide bonds. The van der Waals surface area contributed by atoms with Crippen LogP contribution >= 0.6 is 0 Å². The minimum Gasteiger partial charge on any atom is -0.545 e. The van der Waals surface area contributed by atoms with E-state index in [0.717, 1.165) is 54.6 Å². The molecule has 0 radical (unpaired) electrons. The van der Waals surface area contributed by atoms with Crippen LogP contribution in [0.3, 0.4) is 0 Å². The lowest BCUT2D eigenvalue weighted by molar-refractivity contribution is -0.136. The first-order valence-corrected chi connectivity index (χ1v) is 25.4. The van der Waals surface area contributed by atoms with E-state index in [4.69, 9.17) is 18.3 Å². The van der Waals surface area contributed by atoms with Gasteiger partial charge < -0.3 is 18.3 Å². The second-order valence-electron chi connectivity index (χ2n) is 18.9. The number of benzene rings is 2. The third kappa shape index (κ3) is 9.93. The van der Waals surface area contributed by atoms with Gasteiger partial charge in [0.15, 0.2) is 20.4 Å². The van der Waals surface area contributed by atoms with E-state index in [1.165, 1.54) is 11.1 Å². The van der Waals surface area contributed by atoms with Crippen LogP contribution in [-0.2, 0) is 36.3 Å². The van der Waals surface area contributed by atoms with Crippen LogP contribution in [0.15, 0.2) is 83.1 Å². The van der Waals surface area contributed by atoms with Gasteiger partial charge in [-0.3, -0.25) is 4.79 Å². The molecule has 0 aliphatic heterocycles. The Hall–Kier alpha value is -2.30. The molecule has 4 rings (SSSR count). The van der Waals surface area contributed by atoms with E-state index < -0.39 is 28.3 Å². The van der Waals surface area contributed by atoms with Crippen molar-refractivity contribution in [1.82, 2.24) is 0 Å². The van der Waals surface area contributed by atoms with Gasteiger partial charge in [-0.2, -0.15) is 0 Å². The van der Waals surface area contributed by atoms with Crippen molar-refractivity contribution >= 4 is 22.4 Å². The summed E-state index contributed by atoms with van der Waals surface area (Å²) < 4.78 is 28.3. The number of hydrogen-bond acceptors (Lipinski definition) is 5. The number of ketones is 1. The summed E-state index contributed by atoms with van der Waals surface area (Å²) in [5, 5.41) is 0.0577. The lowest BCUT2D eigenvalue weighted by Gasteiger charge is -2.47. The highest BCUT2D eigenvalue weighted by atomic mass is 28.4. The van der Waals surface area contributed by atoms with Crippen molar-refractivity contribution in [2.45, 2.75) is 176 Å². The summed E-state index contributed by atoms with van der Waals surface area (Å²) in [5.41, 5.74) is 6.21. The average Bonchev–Trinajstić information content (AvgIpc) is 3.08. The van der Waals surface area contributed by atoms with Gasteiger partial charge in [-0.25, -0.2) is 0 Å². The molecule has 2 aliphatic rings. The lowest BCUT2D eigenvalue weighted by Crippen LogP contribution is -2.49. The van der Waals surface area contributed by atoms with Gasteiger partial charge in [0.25, 0.3) is 8.32 Å². The van der Waals surface area contributed by atoms with Gasteiger partial charge in [0.05, 0.1) is 25.1 Å². The molecule has 0 N–H and O–H groups in total. The predicted molar refractivity (Wildman–Crippen MR) is 226 cm³/mol. The summed E-state index contributed by atoms with van der Waals surface area (Å²) in [7, 11) is -4.44. The van der Waals surface area contributed by atoms with Crippen molar-refractivity contribution in [3.63, 3.8) is 0 Å². The van der Waals surface area contributed by atoms with Crippen LogP contribution in [0, 0.1) is 11.3 Å². The molecule has 2 aliphatic carbocycles. The van der Waals surface area contributed by atoms with Gasteiger partial charge in [0.2, 0.25) is 0 Å². The second kappa shape index (κ2) is 17.7. The number of rotatable bonds is 16. The fourth-order valence-electron chi connectivity index (χ4n) is 8.66. The molecule has 0 unspecified atom stereocenters. The van der Waals surface area contributed by atoms with E-state index in [9.17, 15) is 4.79 Å². The maximum Gasteiger partial charge on any atom is 0.258 e. The summed E-state index contributed by atoms with van der Waals surface area (Å²) in [6.07, 6.45) is 3.74. The molecule has 0 bridgehead atoms. The smallest absolute Gasteiger partial charge is 0.258 e. The Labute approximate surface area is 325 Å². The highest BCUT2D eigenvalue weighted by molar-refractivity contribution is 6.78. The van der Waals surface area contributed by atoms with Gasteiger partial charge in [0.1, 0.15) is 0 Å². The number of hydrogen-bond donors (Lipinski definition) is 0. The summed E-state index contributed by atoms with van der Waals surface area (Å²) in [6, 6.07) is 20.7. The Morgan fingerprint density at radius 1 is 0.811 bits per heavy atom. The molecule has 294 valence electrons. The normalized spacial score (nSPS) is 20.4. The summed E-state index contributed by atoms with van der Waals surface area (Å²) in [6.45, 7) is 32.8. The van der Waals surface area contributed by atoms with Crippen LogP contribution in [0.1, 0.15) is 126 Å². The minimum atomic E-state index is -2.28. The van der Waals surface area contributed by atoms with Crippen LogP contribution in [0.5, 0.6) is 0 Å². The predicted octanol–water partition coefficient (Wildman–Crippen LogP) is 13.1. The maximum atomic E-state index is 14.5. The molecular formula is C46H72O5Si2. The highest BCUT2D eigenvalue weighted by Gasteiger charge is 2.51. The van der Waals surface area contributed by atoms with Crippen LogP contribution < -0.4 is 0 Å². The van der Waals surface area contributed by atoms with E-state index in [2.05, 4.69) is 138 Å². The molecule has 2 aromatic carbocycles. The van der Waals surface area contributed by atoms with E-state index in [1.807, 2.05) is 19.1 Å². The number of Topliss-reactive ketones (excluding diaryl/α,β-unsaturated/α-hetero) is 1. The molecule has 0 heterocycles. The first kappa shape index (κ1) is 43.4. The molecule has 0 aromatic heterocycles. The first-order valence-electron chi connectivity index (χ1n) is 20.4. The Kier molecular flexibility index (Phi) is 14.5. The Morgan fingerprint density at radius 2 is 1.30 bits per heavy atom. The molecule has 0 fully saturated rings. The molecular weight excluding hydrogens is 689 g/mol. The fraction of sp³-hybridized carbons (Fsp3) is 0.630. The van der Waals surface area contributed by atoms with Crippen molar-refractivity contribution in [2.24, 2.45) is 11.3 Å². The van der Waals surface area contributed by atoms with Crippen molar-refractivity contribution in [3.05, 3.63) is 94.3 Å². The third-order valence-corrected chi connectivity index (χ3v) is 23.5. The van der Waals surface area contributed by atoms with E-state index in [0.29, 0.717) is 29.8 Å². The molecule has 5 nitrogen and oxygen atoms in total. The lowest BCUT2D eigenvalue weighted by atomic mass is 9.64. The van der Waals surface area contributed by atoms with E-state index in [1.54, 1.807) is 0 Å². The quantitative estimate of drug-likeness (QED) is 0.0969. The first-order chi connectivity index (χ1) is 24.7. The SMILES string of the molecule is CC1=C(O[Si](C(C)C)(C(C)C)C(C)C)C[C@@H](CC2=C(C(OCc3ccccc3)OCc3ccccc3)CCC[C@@H]2O[Si](C)(C)C(C)(C)C)C(C)(C)C1=O. The van der Waals surface area contributed by atoms with Gasteiger partial charge in [-0.05, 0) is 95.6 Å². The average molecular weight is 761 g/mol. The fourth-order valence-corrected chi connectivity index (χ4v) is 15.4. The monoisotopic (exact) mass is 760 g/mol. The Morgan fingerprint density at radius 3 is 1.75 bits per heavy atom. The zero-order valence-electron chi connectivity index (χ0n) is 35.7. The van der Waals surface area contributed by atoms with Gasteiger partial charge in [-0.1, -0.05) is 137 Å². The van der Waals surface area contributed by atoms with Crippen molar-refractivity contribution in [1.29, 1.82) is 0 Å². The largest absolute Gasteiger partial charge is 0.545 e. The summed E-state index contributed by atoms with van der Waals surface area (Å²) in [4.78, 5) is 14.5. The number of ether oxygens (including phenoxy) is 2. The van der Waals surface area contributed by atoms with Crippen LogP contribution in [0.4, 0.5) is 0 Å². The van der Waals surface area contributed by atoms with Crippen molar-refractivity contribution in [3.8, 4) is 0 Å². The molecule has 2 aromatic rings. The maximum absolute atomic E-state index is 14.5. The zero-order chi connectivity index (χ0) is 39.4. The third-order valence-electron chi connectivity index (χ3n) is 13.0. The molecule has 7 heteroatoms. The van der Waals surface area contributed by atoms with Gasteiger partial charge in [0, 0.05) is 17.4 Å².